The van der Waals surface area contributed by atoms with E-state index in [1.165, 1.54) is 17.6 Å². The third-order valence-electron chi connectivity index (χ3n) is 6.49. The number of hydrogen-bond donors (Lipinski definition) is 3. The van der Waals surface area contributed by atoms with Gasteiger partial charge < -0.3 is 30.0 Å². The molecular formula is C27H34N2O7. The van der Waals surface area contributed by atoms with E-state index < -0.39 is 17.5 Å². The van der Waals surface area contributed by atoms with Gasteiger partial charge in [-0.25, -0.2) is 9.59 Å². The summed E-state index contributed by atoms with van der Waals surface area (Å²) in [7, 11) is 1.40. The minimum atomic E-state index is -2.07. The molecule has 194 valence electrons. The van der Waals surface area contributed by atoms with Gasteiger partial charge in [-0.3, -0.25) is 4.79 Å². The van der Waals surface area contributed by atoms with Crippen molar-refractivity contribution in [3.63, 3.8) is 0 Å². The summed E-state index contributed by atoms with van der Waals surface area (Å²) in [5, 5.41) is 19.4. The van der Waals surface area contributed by atoms with Crippen LogP contribution >= 0.6 is 0 Å². The number of carbonyl (C=O) groups excluding carboxylic acids is 3. The molecule has 1 amide bonds. The Balaban J connectivity index is 0.000000678. The summed E-state index contributed by atoms with van der Waals surface area (Å²) >= 11 is 0. The van der Waals surface area contributed by atoms with Gasteiger partial charge in [0.25, 0.3) is 0 Å². The fourth-order valence-electron chi connectivity index (χ4n) is 4.46. The lowest BCUT2D eigenvalue weighted by atomic mass is 9.78. The molecule has 1 aliphatic rings. The maximum absolute atomic E-state index is 12.7. The van der Waals surface area contributed by atoms with Crippen molar-refractivity contribution in [2.75, 3.05) is 26.7 Å². The van der Waals surface area contributed by atoms with Gasteiger partial charge in [-0.05, 0) is 17.5 Å². The Morgan fingerprint density at radius 2 is 1.56 bits per heavy atom. The molecule has 36 heavy (non-hydrogen) atoms. The Bertz CT molecular complexity index is 1000. The molecule has 1 fully saturated rings. The fraction of sp³-hybridized carbons (Fsp3) is 0.407. The van der Waals surface area contributed by atoms with Crippen LogP contribution in [0.3, 0.4) is 0 Å². The lowest BCUT2D eigenvalue weighted by Gasteiger charge is -2.42. The smallest absolute Gasteiger partial charge is 0.351 e. The maximum Gasteiger partial charge on any atom is 0.351 e. The minimum absolute atomic E-state index is 0.00477. The number of hydrogen-bond acceptors (Lipinski definition) is 6. The molecule has 0 spiro atoms. The first-order valence-corrected chi connectivity index (χ1v) is 11.9. The van der Waals surface area contributed by atoms with E-state index in [4.69, 9.17) is 24.5 Å². The standard InChI is InChI=1S/C25H32N2O3.C2H2O4/c1-20-19-27(17-15-22-11-7-4-8-12-22)18-16-25(20,24(29)30-2)26-23(28)14-13-21-9-5-3-6-10-21;3-1(4)2(5)6/h3-12,20H,13-19H2,1-2H3,(H,26,28);(H,3,4)(H,5,6)/t20-,25?;/m0./s1. The third kappa shape index (κ3) is 8.49. The fourth-order valence-corrected chi connectivity index (χ4v) is 4.46. The topological polar surface area (TPSA) is 137 Å². The van der Waals surface area contributed by atoms with Crippen molar-refractivity contribution < 1.29 is 39.0 Å². The molecule has 0 bridgehead atoms. The minimum Gasteiger partial charge on any atom is -0.539 e. The molecule has 2 aromatic carbocycles. The van der Waals surface area contributed by atoms with Crippen LogP contribution in [0.25, 0.3) is 0 Å². The number of nitrogens with one attached hydrogen (secondary N) is 2. The van der Waals surface area contributed by atoms with Crippen molar-refractivity contribution in [2.24, 2.45) is 5.92 Å². The van der Waals surface area contributed by atoms with Crippen LogP contribution < -0.4 is 15.3 Å². The van der Waals surface area contributed by atoms with E-state index in [9.17, 15) is 9.59 Å². The monoisotopic (exact) mass is 498 g/mol. The van der Waals surface area contributed by atoms with Crippen molar-refractivity contribution in [3.8, 4) is 0 Å². The summed E-state index contributed by atoms with van der Waals surface area (Å²) in [6, 6.07) is 20.4. The van der Waals surface area contributed by atoms with Crippen molar-refractivity contribution in [1.82, 2.24) is 5.32 Å². The van der Waals surface area contributed by atoms with Gasteiger partial charge in [0, 0.05) is 25.2 Å². The van der Waals surface area contributed by atoms with Crippen molar-refractivity contribution >= 4 is 23.8 Å². The van der Waals surface area contributed by atoms with Crippen LogP contribution in [-0.4, -0.2) is 61.2 Å². The zero-order valence-corrected chi connectivity index (χ0v) is 20.7. The first-order valence-electron chi connectivity index (χ1n) is 11.9. The van der Waals surface area contributed by atoms with Crippen LogP contribution in [-0.2, 0) is 36.8 Å². The molecule has 1 heterocycles. The zero-order chi connectivity index (χ0) is 26.6. The van der Waals surface area contributed by atoms with Gasteiger partial charge in [0.1, 0.15) is 0 Å². The normalized spacial score (nSPS) is 20.8. The predicted molar refractivity (Wildman–Crippen MR) is 130 cm³/mol. The van der Waals surface area contributed by atoms with E-state index in [2.05, 4.69) is 36.5 Å². The van der Waals surface area contributed by atoms with Crippen LogP contribution in [0.4, 0.5) is 0 Å². The summed E-state index contributed by atoms with van der Waals surface area (Å²) in [5.41, 5.74) is 1.52. The van der Waals surface area contributed by atoms with Crippen LogP contribution in [0.5, 0.6) is 0 Å². The van der Waals surface area contributed by atoms with Gasteiger partial charge in [0.15, 0.2) is 11.5 Å². The Morgan fingerprint density at radius 1 is 1.03 bits per heavy atom. The highest BCUT2D eigenvalue weighted by molar-refractivity contribution is 6.26. The molecule has 2 aromatic rings. The number of methoxy groups -OCH3 is 1. The lowest BCUT2D eigenvalue weighted by Crippen LogP contribution is -3.15. The first kappa shape index (κ1) is 28.5. The van der Waals surface area contributed by atoms with Crippen LogP contribution in [0, 0.1) is 5.92 Å². The molecule has 0 aromatic heterocycles. The largest absolute Gasteiger partial charge is 0.539 e. The number of piperidine rings is 1. The molecule has 1 aliphatic heterocycles. The van der Waals surface area contributed by atoms with E-state index >= 15 is 0 Å². The molecule has 9 nitrogen and oxygen atoms in total. The summed E-state index contributed by atoms with van der Waals surface area (Å²) < 4.78 is 5.13. The summed E-state index contributed by atoms with van der Waals surface area (Å²) in [6.07, 6.45) is 2.63. The van der Waals surface area contributed by atoms with E-state index in [0.717, 1.165) is 31.6 Å². The number of amides is 1. The van der Waals surface area contributed by atoms with Crippen LogP contribution in [0.1, 0.15) is 30.9 Å². The second-order valence-corrected chi connectivity index (χ2v) is 8.93. The zero-order valence-electron chi connectivity index (χ0n) is 20.7. The molecule has 0 aliphatic carbocycles. The van der Waals surface area contributed by atoms with E-state index in [1.807, 2.05) is 36.4 Å². The van der Waals surface area contributed by atoms with E-state index in [0.29, 0.717) is 19.3 Å². The Hall–Kier alpha value is -3.72. The first-order chi connectivity index (χ1) is 17.2. The van der Waals surface area contributed by atoms with Crippen LogP contribution in [0.15, 0.2) is 60.7 Å². The number of carbonyl (C=O) groups is 4. The highest BCUT2D eigenvalue weighted by Crippen LogP contribution is 2.25. The predicted octanol–water partition coefficient (Wildman–Crippen LogP) is -0.364. The highest BCUT2D eigenvalue weighted by atomic mass is 16.5. The quantitative estimate of drug-likeness (QED) is 0.334. The molecule has 3 atom stereocenters. The van der Waals surface area contributed by atoms with Gasteiger partial charge in [0.05, 0.1) is 26.7 Å². The molecule has 9 heteroatoms. The molecule has 1 saturated heterocycles. The lowest BCUT2D eigenvalue weighted by molar-refractivity contribution is -0.909. The number of esters is 1. The number of carboxylic acid groups (broad SMARTS) is 2. The number of likely N-dealkylation sites (tertiary alicyclic amines) is 1. The SMILES string of the molecule is COC(=O)C1(NC(=O)CCc2ccccc2)CC[NH+](CCc2ccccc2)C[C@@H]1C.O=C([O-])C(=O)O. The summed E-state index contributed by atoms with van der Waals surface area (Å²) in [6.45, 7) is 4.75. The number of aryl methyl sites for hydroxylation is 1. The number of carboxylic acids is 2. The molecule has 3 N–H and O–H groups in total. The molecular weight excluding hydrogens is 464 g/mol. The van der Waals surface area contributed by atoms with Crippen LogP contribution in [0.2, 0.25) is 0 Å². The summed E-state index contributed by atoms with van der Waals surface area (Å²) in [4.78, 5) is 45.0. The van der Waals surface area contributed by atoms with Crippen molar-refractivity contribution in [1.29, 1.82) is 0 Å². The van der Waals surface area contributed by atoms with E-state index in [1.54, 1.807) is 0 Å². The van der Waals surface area contributed by atoms with E-state index in [-0.39, 0.29) is 17.8 Å². The highest BCUT2D eigenvalue weighted by Gasteiger charge is 2.50. The van der Waals surface area contributed by atoms with Crippen molar-refractivity contribution in [2.45, 2.75) is 38.1 Å². The Morgan fingerprint density at radius 3 is 2.03 bits per heavy atom. The average molecular weight is 499 g/mol. The number of ether oxygens (including phenoxy) is 1. The molecule has 0 radical (unpaired) electrons. The van der Waals surface area contributed by atoms with Gasteiger partial charge in [-0.15, -0.1) is 0 Å². The van der Waals surface area contributed by atoms with Gasteiger partial charge >= 0.3 is 11.9 Å². The Labute approximate surface area is 211 Å². The summed E-state index contributed by atoms with van der Waals surface area (Å²) in [5.74, 6) is -4.43. The number of rotatable bonds is 8. The Kier molecular flexibility index (Phi) is 11.1. The second-order valence-electron chi connectivity index (χ2n) is 8.93. The number of quaternary nitrogens is 1. The molecule has 0 saturated carbocycles. The van der Waals surface area contributed by atoms with Gasteiger partial charge in [0.2, 0.25) is 5.91 Å². The second kappa shape index (κ2) is 14.0. The maximum atomic E-state index is 12.7. The third-order valence-corrected chi connectivity index (χ3v) is 6.49. The van der Waals surface area contributed by atoms with Gasteiger partial charge in [-0.2, -0.15) is 0 Å². The average Bonchev–Trinajstić information content (AvgIpc) is 2.88. The number of benzene rings is 2. The molecule has 3 rings (SSSR count). The van der Waals surface area contributed by atoms with Gasteiger partial charge in [-0.1, -0.05) is 67.6 Å². The number of aliphatic carboxylic acids is 2. The molecule has 2 unspecified atom stereocenters. The van der Waals surface area contributed by atoms with Crippen molar-refractivity contribution in [3.05, 3.63) is 71.8 Å².